The number of phenols is 2. The van der Waals surface area contributed by atoms with E-state index >= 15 is 0 Å². The molecule has 38 heavy (non-hydrogen) atoms. The zero-order chi connectivity index (χ0) is 28.1. The largest absolute Gasteiger partial charge is 0.508 e. The molecule has 0 saturated heterocycles. The lowest BCUT2D eigenvalue weighted by molar-refractivity contribution is -0.148. The highest BCUT2D eigenvalue weighted by atomic mass is 16.3. The van der Waals surface area contributed by atoms with Crippen molar-refractivity contribution in [2.24, 2.45) is 11.7 Å². The number of hydrogen-bond acceptors (Lipinski definition) is 10. The Morgan fingerprint density at radius 1 is 1.05 bits per heavy atom. The molecule has 0 saturated carbocycles. The first-order valence-electron chi connectivity index (χ1n) is 12.2. The number of benzene rings is 2. The zero-order valence-electron chi connectivity index (χ0n) is 20.9. The molecule has 3 rings (SSSR count). The Hall–Kier alpha value is -3.35. The minimum atomic E-state index is -2.14. The highest BCUT2D eigenvalue weighted by Crippen LogP contribution is 2.42. The SMILES string of the molecule is NC(=O)CC(=O)C(CO)C(O)(CCO)CC1(O)CC(=O)c2c(O)ccc(CNCc3ccc(O)cc3)c2C1. The number of nitrogens with two attached hydrogens (primary N) is 1. The van der Waals surface area contributed by atoms with Gasteiger partial charge in [-0.1, -0.05) is 18.2 Å². The second kappa shape index (κ2) is 12.0. The third kappa shape index (κ3) is 6.74. The molecule has 11 heteroatoms. The Kier molecular flexibility index (Phi) is 9.23. The number of carbonyl (C=O) groups is 3. The van der Waals surface area contributed by atoms with Crippen LogP contribution in [-0.4, -0.2) is 72.5 Å². The summed E-state index contributed by atoms with van der Waals surface area (Å²) in [6.07, 6.45) is -2.35. The lowest BCUT2D eigenvalue weighted by atomic mass is 9.68. The lowest BCUT2D eigenvalue weighted by Gasteiger charge is -2.42. The monoisotopic (exact) mass is 530 g/mol. The second-order valence-corrected chi connectivity index (χ2v) is 9.97. The zero-order valence-corrected chi connectivity index (χ0v) is 20.9. The normalized spacial score (nSPS) is 19.4. The first-order chi connectivity index (χ1) is 17.9. The number of carbonyl (C=O) groups excluding carboxylic acids is 3. The molecule has 9 N–H and O–H groups in total. The molecule has 3 atom stereocenters. The van der Waals surface area contributed by atoms with Gasteiger partial charge in [-0.25, -0.2) is 0 Å². The van der Waals surface area contributed by atoms with Crippen LogP contribution in [0, 0.1) is 5.92 Å². The van der Waals surface area contributed by atoms with Crippen LogP contribution in [0.5, 0.6) is 11.5 Å². The Labute approximate surface area is 219 Å². The minimum absolute atomic E-state index is 0.0628. The van der Waals surface area contributed by atoms with E-state index < -0.39 is 73.5 Å². The Balaban J connectivity index is 1.88. The predicted octanol–water partition coefficient (Wildman–Crippen LogP) is -0.196. The quantitative estimate of drug-likeness (QED) is 0.160. The van der Waals surface area contributed by atoms with Gasteiger partial charge in [-0.3, -0.25) is 14.4 Å². The maximum Gasteiger partial charge on any atom is 0.224 e. The summed E-state index contributed by atoms with van der Waals surface area (Å²) in [5.74, 6) is -4.01. The first kappa shape index (κ1) is 29.2. The van der Waals surface area contributed by atoms with Gasteiger partial charge in [0.1, 0.15) is 17.3 Å². The van der Waals surface area contributed by atoms with Gasteiger partial charge in [0.15, 0.2) is 5.78 Å². The summed E-state index contributed by atoms with van der Waals surface area (Å²) in [5.41, 5.74) is 3.02. The fourth-order valence-corrected chi connectivity index (χ4v) is 5.23. The molecular weight excluding hydrogens is 496 g/mol. The molecule has 11 nitrogen and oxygen atoms in total. The summed E-state index contributed by atoms with van der Waals surface area (Å²) in [4.78, 5) is 36.9. The number of phenolic OH excluding ortho intramolecular Hbond substituents is 2. The summed E-state index contributed by atoms with van der Waals surface area (Å²) in [7, 11) is 0. The number of aromatic hydroxyl groups is 2. The molecule has 0 bridgehead atoms. The summed E-state index contributed by atoms with van der Waals surface area (Å²) >= 11 is 0. The Morgan fingerprint density at radius 3 is 2.34 bits per heavy atom. The van der Waals surface area contributed by atoms with Crippen molar-refractivity contribution in [3.8, 4) is 11.5 Å². The van der Waals surface area contributed by atoms with Crippen LogP contribution in [0.15, 0.2) is 36.4 Å². The van der Waals surface area contributed by atoms with Gasteiger partial charge in [-0.2, -0.15) is 0 Å². The van der Waals surface area contributed by atoms with Crippen molar-refractivity contribution >= 4 is 17.5 Å². The number of rotatable bonds is 13. The van der Waals surface area contributed by atoms with E-state index in [0.717, 1.165) is 5.56 Å². The molecule has 1 aliphatic rings. The third-order valence-electron chi connectivity index (χ3n) is 6.99. The number of ketones is 2. The van der Waals surface area contributed by atoms with Crippen LogP contribution >= 0.6 is 0 Å². The Morgan fingerprint density at radius 2 is 1.74 bits per heavy atom. The molecule has 2 aromatic carbocycles. The fourth-order valence-electron chi connectivity index (χ4n) is 5.23. The first-order valence-corrected chi connectivity index (χ1v) is 12.2. The van der Waals surface area contributed by atoms with Crippen LogP contribution in [0.25, 0.3) is 0 Å². The number of fused-ring (bicyclic) bond motifs is 1. The van der Waals surface area contributed by atoms with Gasteiger partial charge < -0.3 is 41.7 Å². The van der Waals surface area contributed by atoms with Crippen molar-refractivity contribution in [1.82, 2.24) is 5.32 Å². The highest BCUT2D eigenvalue weighted by molar-refractivity contribution is 6.02. The van der Waals surface area contributed by atoms with Gasteiger partial charge in [-0.15, -0.1) is 0 Å². The molecule has 2 aromatic rings. The number of hydrogen-bond donors (Lipinski definition) is 8. The summed E-state index contributed by atoms with van der Waals surface area (Å²) in [6, 6.07) is 9.61. The van der Waals surface area contributed by atoms with Gasteiger partial charge in [-0.05, 0) is 34.9 Å². The van der Waals surface area contributed by atoms with E-state index in [2.05, 4.69) is 5.32 Å². The third-order valence-corrected chi connectivity index (χ3v) is 6.99. The molecule has 0 aromatic heterocycles. The number of amides is 1. The molecule has 0 radical (unpaired) electrons. The second-order valence-electron chi connectivity index (χ2n) is 9.97. The number of aliphatic hydroxyl groups is 4. The standard InChI is InChI=1S/C27H34N2O9/c28-24(36)9-22(34)20(14-31)27(38,7-8-30)15-26(37)10-19-17(3-6-21(33)25(19)23(35)11-26)13-29-12-16-1-4-18(32)5-2-16/h1-6,20,29-33,37-38H,7-15H2,(H2,28,36). The van der Waals surface area contributed by atoms with Crippen molar-refractivity contribution in [2.45, 2.75) is 56.4 Å². The van der Waals surface area contributed by atoms with Crippen LogP contribution < -0.4 is 11.1 Å². The molecule has 3 unspecified atom stereocenters. The fraction of sp³-hybridized carbons (Fsp3) is 0.444. The Bertz CT molecular complexity index is 1180. The topological polar surface area (TPSA) is 211 Å². The molecule has 1 amide bonds. The van der Waals surface area contributed by atoms with Crippen LogP contribution in [-0.2, 0) is 29.1 Å². The van der Waals surface area contributed by atoms with Crippen molar-refractivity contribution in [3.63, 3.8) is 0 Å². The molecule has 0 aliphatic heterocycles. The van der Waals surface area contributed by atoms with Gasteiger partial charge in [0, 0.05) is 45.4 Å². The van der Waals surface area contributed by atoms with Gasteiger partial charge in [0.05, 0.1) is 35.7 Å². The van der Waals surface area contributed by atoms with Gasteiger partial charge >= 0.3 is 0 Å². The van der Waals surface area contributed by atoms with E-state index in [0.29, 0.717) is 17.7 Å². The molecule has 0 spiro atoms. The van der Waals surface area contributed by atoms with E-state index in [1.807, 2.05) is 0 Å². The van der Waals surface area contributed by atoms with E-state index in [1.165, 1.54) is 6.07 Å². The molecule has 0 fully saturated rings. The van der Waals surface area contributed by atoms with Gasteiger partial charge in [0.25, 0.3) is 0 Å². The molecular formula is C27H34N2O9. The smallest absolute Gasteiger partial charge is 0.224 e. The summed E-state index contributed by atoms with van der Waals surface area (Å²) in [5, 5.41) is 65.4. The average Bonchev–Trinajstić information content (AvgIpc) is 2.81. The van der Waals surface area contributed by atoms with Crippen molar-refractivity contribution in [3.05, 3.63) is 58.7 Å². The van der Waals surface area contributed by atoms with Gasteiger partial charge in [0.2, 0.25) is 5.91 Å². The molecule has 206 valence electrons. The number of aliphatic hydroxyl groups excluding tert-OH is 2. The van der Waals surface area contributed by atoms with E-state index in [-0.39, 0.29) is 30.0 Å². The number of Topliss-reactive ketones (excluding diaryl/α,β-unsaturated/α-hetero) is 2. The minimum Gasteiger partial charge on any atom is -0.508 e. The van der Waals surface area contributed by atoms with Crippen molar-refractivity contribution < 1.29 is 45.0 Å². The van der Waals surface area contributed by atoms with Crippen LogP contribution in [0.4, 0.5) is 0 Å². The number of nitrogens with one attached hydrogen (secondary N) is 1. The van der Waals surface area contributed by atoms with Crippen molar-refractivity contribution in [1.29, 1.82) is 0 Å². The van der Waals surface area contributed by atoms with E-state index in [9.17, 15) is 45.0 Å². The summed E-state index contributed by atoms with van der Waals surface area (Å²) < 4.78 is 0. The van der Waals surface area contributed by atoms with Crippen LogP contribution in [0.1, 0.15) is 52.7 Å². The van der Waals surface area contributed by atoms with Crippen LogP contribution in [0.2, 0.25) is 0 Å². The highest BCUT2D eigenvalue weighted by Gasteiger charge is 2.49. The average molecular weight is 531 g/mol. The number of primary amides is 1. The van der Waals surface area contributed by atoms with E-state index in [4.69, 9.17) is 5.73 Å². The van der Waals surface area contributed by atoms with Crippen molar-refractivity contribution in [2.75, 3.05) is 13.2 Å². The summed E-state index contributed by atoms with van der Waals surface area (Å²) in [6.45, 7) is -0.754. The molecule has 1 aliphatic carbocycles. The molecule has 0 heterocycles. The van der Waals surface area contributed by atoms with Crippen LogP contribution in [0.3, 0.4) is 0 Å². The lowest BCUT2D eigenvalue weighted by Crippen LogP contribution is -2.53. The van der Waals surface area contributed by atoms with E-state index in [1.54, 1.807) is 30.3 Å². The maximum absolute atomic E-state index is 13.1. The maximum atomic E-state index is 13.1. The predicted molar refractivity (Wildman–Crippen MR) is 135 cm³/mol.